The van der Waals surface area contributed by atoms with Crippen LogP contribution in [0.25, 0.3) is 0 Å². The van der Waals surface area contributed by atoms with Crippen LogP contribution < -0.4 is 0 Å². The fourth-order valence-corrected chi connectivity index (χ4v) is 5.28. The quantitative estimate of drug-likeness (QED) is 0.528. The average molecular weight is 168 g/mol. The van der Waals surface area contributed by atoms with E-state index in [1.165, 1.54) is 6.42 Å². The summed E-state index contributed by atoms with van der Waals surface area (Å²) in [6.07, 6.45) is 1.49. The van der Waals surface area contributed by atoms with Crippen LogP contribution >= 0.6 is 12.6 Å². The van der Waals surface area contributed by atoms with E-state index in [-0.39, 0.29) is 0 Å². The van der Waals surface area contributed by atoms with Crippen LogP contribution in [0, 0.1) is 29.1 Å². The molecule has 3 saturated carbocycles. The van der Waals surface area contributed by atoms with Crippen LogP contribution in [0.3, 0.4) is 0 Å². The summed E-state index contributed by atoms with van der Waals surface area (Å²) in [4.78, 5) is 0. The van der Waals surface area contributed by atoms with Gasteiger partial charge < -0.3 is 0 Å². The molecule has 0 amide bonds. The molecule has 0 heterocycles. The lowest BCUT2D eigenvalue weighted by Crippen LogP contribution is -2.53. The van der Waals surface area contributed by atoms with Crippen LogP contribution in [-0.2, 0) is 0 Å². The van der Waals surface area contributed by atoms with Crippen LogP contribution in [0.5, 0.6) is 0 Å². The SMILES string of the molecule is CC1CC2C1C1(S)C2C1(C)C. The van der Waals surface area contributed by atoms with Crippen molar-refractivity contribution in [2.75, 3.05) is 0 Å². The first-order valence-corrected chi connectivity index (χ1v) is 5.18. The molecule has 0 spiro atoms. The Labute approximate surface area is 74.2 Å². The molecule has 0 nitrogen and oxygen atoms in total. The number of hydrogen-bond acceptors (Lipinski definition) is 1. The van der Waals surface area contributed by atoms with Gasteiger partial charge in [0.05, 0.1) is 0 Å². The van der Waals surface area contributed by atoms with Crippen LogP contribution in [-0.4, -0.2) is 4.75 Å². The van der Waals surface area contributed by atoms with E-state index in [4.69, 9.17) is 12.6 Å². The molecular formula is C10H16S. The summed E-state index contributed by atoms with van der Waals surface area (Å²) >= 11 is 4.86. The lowest BCUT2D eigenvalue weighted by molar-refractivity contribution is -0.0113. The summed E-state index contributed by atoms with van der Waals surface area (Å²) in [6, 6.07) is 0. The van der Waals surface area contributed by atoms with Gasteiger partial charge in [-0.15, -0.1) is 0 Å². The Kier molecular flexibility index (Phi) is 0.873. The Morgan fingerprint density at radius 1 is 1.36 bits per heavy atom. The van der Waals surface area contributed by atoms with Crippen molar-refractivity contribution in [2.45, 2.75) is 31.9 Å². The molecule has 5 unspecified atom stereocenters. The topological polar surface area (TPSA) is 0 Å². The summed E-state index contributed by atoms with van der Waals surface area (Å²) < 4.78 is 0.468. The molecule has 5 atom stereocenters. The molecule has 0 aromatic heterocycles. The third-order valence-electron chi connectivity index (χ3n) is 4.86. The second-order valence-corrected chi connectivity index (χ2v) is 6.17. The molecule has 0 radical (unpaired) electrons. The van der Waals surface area contributed by atoms with Crippen molar-refractivity contribution in [1.29, 1.82) is 0 Å². The lowest BCUT2D eigenvalue weighted by Gasteiger charge is -2.55. The summed E-state index contributed by atoms with van der Waals surface area (Å²) in [5, 5.41) is 0. The van der Waals surface area contributed by atoms with Crippen molar-refractivity contribution in [2.24, 2.45) is 29.1 Å². The minimum Gasteiger partial charge on any atom is -0.171 e. The molecule has 0 aromatic carbocycles. The number of rotatable bonds is 0. The molecule has 3 fully saturated rings. The number of hydrogen-bond donors (Lipinski definition) is 1. The first kappa shape index (κ1) is 6.82. The minimum absolute atomic E-state index is 0.468. The van der Waals surface area contributed by atoms with E-state index in [2.05, 4.69) is 20.8 Å². The lowest BCUT2D eigenvalue weighted by atomic mass is 9.53. The molecule has 0 bridgehead atoms. The molecule has 0 aliphatic heterocycles. The average Bonchev–Trinajstić information content (AvgIpc) is 2.17. The maximum absolute atomic E-state index is 4.86. The van der Waals surface area contributed by atoms with E-state index < -0.39 is 0 Å². The van der Waals surface area contributed by atoms with E-state index in [9.17, 15) is 0 Å². The first-order chi connectivity index (χ1) is 5.01. The maximum Gasteiger partial charge on any atom is 0.0254 e. The predicted octanol–water partition coefficient (Wildman–Crippen LogP) is 2.60. The second kappa shape index (κ2) is 1.41. The van der Waals surface area contributed by atoms with Gasteiger partial charge in [0, 0.05) is 4.75 Å². The normalized spacial score (nSPS) is 68.7. The fourth-order valence-electron chi connectivity index (χ4n) is 4.25. The molecule has 62 valence electrons. The highest BCUT2D eigenvalue weighted by Gasteiger charge is 2.86. The molecule has 0 saturated heterocycles. The Bertz CT molecular complexity index is 233. The Morgan fingerprint density at radius 2 is 2.00 bits per heavy atom. The van der Waals surface area contributed by atoms with Gasteiger partial charge in [0.25, 0.3) is 0 Å². The molecule has 3 aliphatic carbocycles. The Morgan fingerprint density at radius 3 is 2.36 bits per heavy atom. The largest absolute Gasteiger partial charge is 0.171 e. The monoisotopic (exact) mass is 168 g/mol. The van der Waals surface area contributed by atoms with Crippen molar-refractivity contribution >= 4 is 12.6 Å². The van der Waals surface area contributed by atoms with Gasteiger partial charge in [0.15, 0.2) is 0 Å². The van der Waals surface area contributed by atoms with Crippen molar-refractivity contribution in [3.05, 3.63) is 0 Å². The van der Waals surface area contributed by atoms with Gasteiger partial charge in [-0.1, -0.05) is 20.8 Å². The molecule has 3 aliphatic rings. The second-order valence-electron chi connectivity index (χ2n) is 5.43. The van der Waals surface area contributed by atoms with Crippen LogP contribution in [0.1, 0.15) is 27.2 Å². The minimum atomic E-state index is 0.468. The van der Waals surface area contributed by atoms with E-state index in [0.717, 1.165) is 23.7 Å². The smallest absolute Gasteiger partial charge is 0.0254 e. The van der Waals surface area contributed by atoms with Gasteiger partial charge in [-0.2, -0.15) is 12.6 Å². The van der Waals surface area contributed by atoms with Crippen molar-refractivity contribution in [1.82, 2.24) is 0 Å². The molecule has 0 aromatic rings. The highest BCUT2D eigenvalue weighted by atomic mass is 32.1. The van der Waals surface area contributed by atoms with E-state index >= 15 is 0 Å². The van der Waals surface area contributed by atoms with Crippen molar-refractivity contribution in [3.8, 4) is 0 Å². The molecule has 11 heavy (non-hydrogen) atoms. The third-order valence-corrected chi connectivity index (χ3v) is 6.01. The van der Waals surface area contributed by atoms with E-state index in [1.54, 1.807) is 0 Å². The van der Waals surface area contributed by atoms with Crippen molar-refractivity contribution < 1.29 is 0 Å². The van der Waals surface area contributed by atoms with Gasteiger partial charge in [0.2, 0.25) is 0 Å². The maximum atomic E-state index is 4.86. The number of thiol groups is 1. The summed E-state index contributed by atoms with van der Waals surface area (Å²) in [5.74, 6) is 3.98. The van der Waals surface area contributed by atoms with Crippen LogP contribution in [0.15, 0.2) is 0 Å². The zero-order valence-corrected chi connectivity index (χ0v) is 8.36. The van der Waals surface area contributed by atoms with Crippen molar-refractivity contribution in [3.63, 3.8) is 0 Å². The summed E-state index contributed by atoms with van der Waals surface area (Å²) in [5.41, 5.74) is 0.566. The Balaban J connectivity index is 1.96. The van der Waals surface area contributed by atoms with Gasteiger partial charge in [0.1, 0.15) is 0 Å². The molecule has 0 N–H and O–H groups in total. The fraction of sp³-hybridized carbons (Fsp3) is 1.00. The Hall–Kier alpha value is 0.350. The predicted molar refractivity (Wildman–Crippen MR) is 49.7 cm³/mol. The standard InChI is InChI=1S/C10H16S/c1-5-4-6-7(5)10(11)8(6)9(10,2)3/h5-8,11H,4H2,1-3H3. The van der Waals surface area contributed by atoms with Crippen LogP contribution in [0.2, 0.25) is 0 Å². The highest BCUT2D eigenvalue weighted by Crippen LogP contribution is 2.87. The first-order valence-electron chi connectivity index (χ1n) is 4.73. The highest BCUT2D eigenvalue weighted by molar-refractivity contribution is 7.82. The van der Waals surface area contributed by atoms with Crippen LogP contribution in [0.4, 0.5) is 0 Å². The van der Waals surface area contributed by atoms with Gasteiger partial charge >= 0.3 is 0 Å². The summed E-state index contributed by atoms with van der Waals surface area (Å²) in [6.45, 7) is 7.19. The molecule has 1 heteroatoms. The molecular weight excluding hydrogens is 152 g/mol. The zero-order valence-electron chi connectivity index (χ0n) is 7.46. The van der Waals surface area contributed by atoms with Gasteiger partial charge in [-0.05, 0) is 35.5 Å². The molecule has 3 rings (SSSR count). The van der Waals surface area contributed by atoms with Gasteiger partial charge in [-0.25, -0.2) is 0 Å². The third kappa shape index (κ3) is 0.422. The van der Waals surface area contributed by atoms with E-state index in [0.29, 0.717) is 10.2 Å². The zero-order chi connectivity index (χ0) is 8.02. The van der Waals surface area contributed by atoms with E-state index in [1.807, 2.05) is 0 Å². The number of fused-ring (bicyclic) bond motifs is 4. The van der Waals surface area contributed by atoms with Gasteiger partial charge in [-0.3, -0.25) is 0 Å². The summed E-state index contributed by atoms with van der Waals surface area (Å²) in [7, 11) is 0.